The normalized spacial score (nSPS) is 11.0. The highest BCUT2D eigenvalue weighted by atomic mass is 32.1. The van der Waals surface area contributed by atoms with Crippen molar-refractivity contribution in [2.24, 2.45) is 0 Å². The molecule has 1 aromatic carbocycles. The number of rotatable bonds is 2. The molecular formula is C11H9FN4OS. The van der Waals surface area contributed by atoms with Gasteiger partial charge in [-0.2, -0.15) is 9.50 Å². The quantitative estimate of drug-likeness (QED) is 0.770. The van der Waals surface area contributed by atoms with E-state index in [2.05, 4.69) is 10.1 Å². The molecule has 0 spiro atoms. The topological polar surface area (TPSA) is 65.4 Å². The summed E-state index contributed by atoms with van der Waals surface area (Å²) in [5, 5.41) is 5.99. The van der Waals surface area contributed by atoms with Crippen molar-refractivity contribution in [3.8, 4) is 17.1 Å². The fraction of sp³-hybridized carbons (Fsp3) is 0.0909. The molecule has 2 heterocycles. The fourth-order valence-corrected chi connectivity index (χ4v) is 2.39. The molecule has 7 heteroatoms. The van der Waals surface area contributed by atoms with E-state index in [-0.39, 0.29) is 5.82 Å². The Morgan fingerprint density at radius 3 is 3.00 bits per heavy atom. The first-order chi connectivity index (χ1) is 8.69. The van der Waals surface area contributed by atoms with Crippen molar-refractivity contribution in [3.05, 3.63) is 29.4 Å². The summed E-state index contributed by atoms with van der Waals surface area (Å²) in [6.07, 6.45) is 0. The van der Waals surface area contributed by atoms with E-state index in [1.54, 1.807) is 11.4 Å². The van der Waals surface area contributed by atoms with Gasteiger partial charge in [-0.1, -0.05) is 0 Å². The summed E-state index contributed by atoms with van der Waals surface area (Å²) in [7, 11) is 1.52. The third-order valence-corrected chi connectivity index (χ3v) is 3.34. The second-order valence-corrected chi connectivity index (χ2v) is 4.47. The minimum atomic E-state index is -0.364. The maximum absolute atomic E-state index is 13.3. The second kappa shape index (κ2) is 3.95. The number of aromatic nitrogens is 3. The number of anilines is 1. The van der Waals surface area contributed by atoms with Gasteiger partial charge in [0.2, 0.25) is 4.96 Å². The molecule has 0 amide bonds. The maximum atomic E-state index is 13.3. The monoisotopic (exact) mass is 264 g/mol. The number of nitrogens with two attached hydrogens (primary N) is 1. The third kappa shape index (κ3) is 1.60. The predicted octanol–water partition coefficient (Wildman–Crippen LogP) is 2.19. The van der Waals surface area contributed by atoms with Crippen LogP contribution in [-0.4, -0.2) is 21.7 Å². The fourth-order valence-electron chi connectivity index (χ4n) is 1.67. The van der Waals surface area contributed by atoms with Crippen molar-refractivity contribution >= 4 is 22.1 Å². The molecule has 0 atom stereocenters. The molecule has 3 rings (SSSR count). The minimum Gasteiger partial charge on any atom is -0.496 e. The number of hydrogen-bond acceptors (Lipinski definition) is 5. The van der Waals surface area contributed by atoms with E-state index in [0.717, 1.165) is 0 Å². The lowest BCUT2D eigenvalue weighted by Crippen LogP contribution is -1.94. The first-order valence-electron chi connectivity index (χ1n) is 5.12. The number of halogens is 1. The van der Waals surface area contributed by atoms with Crippen molar-refractivity contribution < 1.29 is 9.13 Å². The molecule has 3 aromatic rings. The van der Waals surface area contributed by atoms with Gasteiger partial charge in [-0.25, -0.2) is 4.39 Å². The predicted molar refractivity (Wildman–Crippen MR) is 67.2 cm³/mol. The summed E-state index contributed by atoms with van der Waals surface area (Å²) in [6.45, 7) is 0. The van der Waals surface area contributed by atoms with Gasteiger partial charge in [0.15, 0.2) is 5.82 Å². The number of nitrogen functional groups attached to an aromatic ring is 1. The van der Waals surface area contributed by atoms with E-state index in [0.29, 0.717) is 27.9 Å². The summed E-state index contributed by atoms with van der Waals surface area (Å²) in [5.41, 5.74) is 6.24. The van der Waals surface area contributed by atoms with Gasteiger partial charge in [0, 0.05) is 5.38 Å². The Hall–Kier alpha value is -2.15. The number of hydrogen-bond donors (Lipinski definition) is 1. The van der Waals surface area contributed by atoms with E-state index in [9.17, 15) is 4.39 Å². The van der Waals surface area contributed by atoms with Gasteiger partial charge in [-0.3, -0.25) is 0 Å². The number of thiazole rings is 1. The highest BCUT2D eigenvalue weighted by molar-refractivity contribution is 7.15. The van der Waals surface area contributed by atoms with Gasteiger partial charge in [0.1, 0.15) is 17.4 Å². The van der Waals surface area contributed by atoms with Crippen LogP contribution in [0, 0.1) is 5.82 Å². The lowest BCUT2D eigenvalue weighted by molar-refractivity contribution is 0.415. The second-order valence-electron chi connectivity index (χ2n) is 3.63. The Morgan fingerprint density at radius 2 is 2.28 bits per heavy atom. The molecule has 0 radical (unpaired) electrons. The molecule has 0 aliphatic carbocycles. The zero-order chi connectivity index (χ0) is 12.7. The Bertz CT molecular complexity index is 721. The average Bonchev–Trinajstić information content (AvgIpc) is 2.92. The largest absolute Gasteiger partial charge is 0.496 e. The minimum absolute atomic E-state index is 0.364. The van der Waals surface area contributed by atoms with E-state index < -0.39 is 0 Å². The number of methoxy groups -OCH3 is 1. The summed E-state index contributed by atoms with van der Waals surface area (Å²) in [6, 6.07) is 4.22. The molecule has 0 aliphatic rings. The number of nitrogens with zero attached hydrogens (tertiary/aromatic N) is 3. The van der Waals surface area contributed by atoms with Gasteiger partial charge in [0.25, 0.3) is 0 Å². The number of ether oxygens (including phenoxy) is 1. The Morgan fingerprint density at radius 1 is 1.44 bits per heavy atom. The first-order valence-corrected chi connectivity index (χ1v) is 6.00. The van der Waals surface area contributed by atoms with Crippen LogP contribution < -0.4 is 10.5 Å². The Kier molecular flexibility index (Phi) is 2.41. The van der Waals surface area contributed by atoms with Gasteiger partial charge in [-0.05, 0) is 18.2 Å². The number of benzene rings is 1. The van der Waals surface area contributed by atoms with Gasteiger partial charge < -0.3 is 10.5 Å². The molecule has 2 aromatic heterocycles. The molecule has 0 saturated carbocycles. The van der Waals surface area contributed by atoms with Crippen LogP contribution in [0.3, 0.4) is 0 Å². The van der Waals surface area contributed by atoms with Crippen LogP contribution in [0.15, 0.2) is 23.6 Å². The number of fused-ring (bicyclic) bond motifs is 1. The molecule has 2 N–H and O–H groups in total. The standard InChI is InChI=1S/C11H9FN4OS/c1-17-8-3-2-6(12)4-7(8)10-14-11-16(15-10)9(13)5-18-11/h2-5H,13H2,1H3. The molecule has 5 nitrogen and oxygen atoms in total. The van der Waals surface area contributed by atoms with Crippen molar-refractivity contribution in [2.45, 2.75) is 0 Å². The van der Waals surface area contributed by atoms with Gasteiger partial charge in [0.05, 0.1) is 12.7 Å². The summed E-state index contributed by atoms with van der Waals surface area (Å²) >= 11 is 1.38. The molecule has 0 bridgehead atoms. The van der Waals surface area contributed by atoms with Crippen LogP contribution >= 0.6 is 11.3 Å². The first kappa shape index (κ1) is 11.0. The van der Waals surface area contributed by atoms with Crippen molar-refractivity contribution in [3.63, 3.8) is 0 Å². The van der Waals surface area contributed by atoms with Crippen LogP contribution in [0.25, 0.3) is 16.3 Å². The Balaban J connectivity index is 2.21. The summed E-state index contributed by atoms with van der Waals surface area (Å²) in [4.78, 5) is 4.96. The van der Waals surface area contributed by atoms with Crippen LogP contribution in [0.1, 0.15) is 0 Å². The average molecular weight is 264 g/mol. The molecule has 0 aliphatic heterocycles. The molecule has 0 fully saturated rings. The molecule has 18 heavy (non-hydrogen) atoms. The third-order valence-electron chi connectivity index (χ3n) is 2.51. The lowest BCUT2D eigenvalue weighted by atomic mass is 10.2. The van der Waals surface area contributed by atoms with E-state index in [1.807, 2.05) is 0 Å². The van der Waals surface area contributed by atoms with E-state index in [4.69, 9.17) is 10.5 Å². The van der Waals surface area contributed by atoms with Crippen LogP contribution in [0.2, 0.25) is 0 Å². The highest BCUT2D eigenvalue weighted by Crippen LogP contribution is 2.29. The molecule has 0 saturated heterocycles. The van der Waals surface area contributed by atoms with Crippen LogP contribution in [0.4, 0.5) is 10.2 Å². The highest BCUT2D eigenvalue weighted by Gasteiger charge is 2.14. The van der Waals surface area contributed by atoms with Crippen molar-refractivity contribution in [1.82, 2.24) is 14.6 Å². The van der Waals surface area contributed by atoms with E-state index >= 15 is 0 Å². The Labute approximate surface area is 106 Å². The smallest absolute Gasteiger partial charge is 0.214 e. The van der Waals surface area contributed by atoms with Gasteiger partial charge >= 0.3 is 0 Å². The maximum Gasteiger partial charge on any atom is 0.214 e. The van der Waals surface area contributed by atoms with Gasteiger partial charge in [-0.15, -0.1) is 16.4 Å². The summed E-state index contributed by atoms with van der Waals surface area (Å²) in [5.74, 6) is 1.05. The molecule has 0 unspecified atom stereocenters. The van der Waals surface area contributed by atoms with Crippen LogP contribution in [0.5, 0.6) is 5.75 Å². The molecular weight excluding hydrogens is 255 g/mol. The zero-order valence-electron chi connectivity index (χ0n) is 9.42. The zero-order valence-corrected chi connectivity index (χ0v) is 10.2. The lowest BCUT2D eigenvalue weighted by Gasteiger charge is -2.04. The van der Waals surface area contributed by atoms with Crippen molar-refractivity contribution in [2.75, 3.05) is 12.8 Å². The summed E-state index contributed by atoms with van der Waals surface area (Å²) < 4.78 is 20.0. The SMILES string of the molecule is COc1ccc(F)cc1-c1nc2scc(N)n2n1. The van der Waals surface area contributed by atoms with Crippen molar-refractivity contribution in [1.29, 1.82) is 0 Å². The molecule has 92 valence electrons. The van der Waals surface area contributed by atoms with E-state index in [1.165, 1.54) is 35.1 Å². The van der Waals surface area contributed by atoms with Crippen LogP contribution in [-0.2, 0) is 0 Å².